The van der Waals surface area contributed by atoms with Crippen molar-refractivity contribution in [3.05, 3.63) is 0 Å². The Morgan fingerprint density at radius 2 is 0.595 bits per heavy atom. The molecule has 3 aliphatic heterocycles. The fourth-order valence-electron chi connectivity index (χ4n) is 13.5. The number of carbonyl (C=O) groups is 18. The van der Waals surface area contributed by atoms with Crippen LogP contribution in [-0.2, 0) is 172 Å². The van der Waals surface area contributed by atoms with Gasteiger partial charge >= 0.3 is 53.7 Å². The van der Waals surface area contributed by atoms with E-state index in [4.69, 9.17) is 85.3 Å². The highest BCUT2D eigenvalue weighted by atomic mass is 16.7. The third-order valence-corrected chi connectivity index (χ3v) is 19.6. The monoisotopic (exact) mass is 1800 g/mol. The zero-order valence-electron chi connectivity index (χ0n) is 75.0. The lowest BCUT2D eigenvalue weighted by atomic mass is 9.79. The van der Waals surface area contributed by atoms with Gasteiger partial charge in [0.05, 0.1) is 44.9 Å². The van der Waals surface area contributed by atoms with E-state index in [-0.39, 0.29) is 204 Å². The fourth-order valence-corrected chi connectivity index (χ4v) is 13.5. The number of esters is 9. The highest BCUT2D eigenvalue weighted by molar-refractivity contribution is 5.80. The van der Waals surface area contributed by atoms with Crippen molar-refractivity contribution in [2.24, 2.45) is 23.2 Å². The quantitative estimate of drug-likeness (QED) is 0.0254. The van der Waals surface area contributed by atoms with Crippen molar-refractivity contribution >= 4 is 107 Å². The van der Waals surface area contributed by atoms with Crippen LogP contribution in [0.25, 0.3) is 0 Å². The Bertz CT molecular complexity index is 3370. The Labute approximate surface area is 733 Å². The summed E-state index contributed by atoms with van der Waals surface area (Å²) in [5, 5.41) is 19.4. The van der Waals surface area contributed by atoms with Crippen LogP contribution in [-0.4, -0.2) is 305 Å². The van der Waals surface area contributed by atoms with Crippen molar-refractivity contribution in [3.63, 3.8) is 0 Å². The van der Waals surface area contributed by atoms with E-state index < -0.39 is 169 Å². The molecule has 7 amide bonds. The summed E-state index contributed by atoms with van der Waals surface area (Å²) in [6.45, 7) is 17.8. The summed E-state index contributed by atoms with van der Waals surface area (Å²) in [5.74, 6) is -11.5. The minimum Gasteiger partial charge on any atom is -0.463 e. The molecule has 7 N–H and O–H groups in total. The van der Waals surface area contributed by atoms with Crippen LogP contribution in [0.2, 0.25) is 0 Å². The van der Waals surface area contributed by atoms with Gasteiger partial charge in [-0.3, -0.25) is 76.7 Å². The van der Waals surface area contributed by atoms with Gasteiger partial charge in [0.1, 0.15) is 74.6 Å². The minimum absolute atomic E-state index is 0.000873. The molecule has 0 saturated carbocycles. The van der Waals surface area contributed by atoms with Crippen LogP contribution in [0.3, 0.4) is 0 Å². The van der Waals surface area contributed by atoms with E-state index >= 15 is 0 Å². The van der Waals surface area contributed by atoms with Crippen LogP contribution in [0.1, 0.15) is 200 Å². The van der Waals surface area contributed by atoms with E-state index in [0.29, 0.717) is 57.8 Å². The van der Waals surface area contributed by atoms with Crippen molar-refractivity contribution < 1.29 is 172 Å². The van der Waals surface area contributed by atoms with E-state index in [1.165, 1.54) is 34.6 Å². The normalized spacial score (nSPS) is 22.4. The molecule has 3 aliphatic rings. The molecule has 126 heavy (non-hydrogen) atoms. The first-order chi connectivity index (χ1) is 59.7. The zero-order chi connectivity index (χ0) is 93.8. The van der Waals surface area contributed by atoms with Crippen LogP contribution in [0, 0.1) is 23.2 Å². The molecule has 3 fully saturated rings. The molecule has 3 saturated heterocycles. The molecule has 0 aromatic heterocycles. The smallest absolute Gasteiger partial charge is 0.303 e. The summed E-state index contributed by atoms with van der Waals surface area (Å²) in [7, 11) is 0. The molecular weight excluding hydrogens is 1670 g/mol. The topological polar surface area (TPSA) is 558 Å². The van der Waals surface area contributed by atoms with Gasteiger partial charge < -0.3 is 132 Å². The lowest BCUT2D eigenvalue weighted by molar-refractivity contribution is -0.291. The highest BCUT2D eigenvalue weighted by Crippen LogP contribution is 2.37. The molecule has 16 atom stereocenters. The van der Waals surface area contributed by atoms with E-state index in [0.717, 1.165) is 48.5 Å². The summed E-state index contributed by atoms with van der Waals surface area (Å²) in [5.41, 5.74) is -0.916. The van der Waals surface area contributed by atoms with Gasteiger partial charge in [-0.05, 0) is 77.6 Å². The Balaban J connectivity index is 1.52. The molecule has 0 radical (unpaired) electrons. The predicted octanol–water partition coefficient (Wildman–Crippen LogP) is 1.04. The number of nitrogens with one attached hydrogen (secondary N) is 7. The molecule has 43 heteroatoms. The number of hydrogen-bond acceptors (Lipinski definition) is 36. The van der Waals surface area contributed by atoms with Crippen LogP contribution in [0.4, 0.5) is 0 Å². The first-order valence-corrected chi connectivity index (χ1v) is 42.5. The van der Waals surface area contributed by atoms with Gasteiger partial charge in [0.2, 0.25) is 41.4 Å². The SMILES string of the molecule is CC(=O)C[C@H]1[C@H](OCCCCC(=O)NCCCNC(=O)CCOCC(COCCC(=O)NCCCNC(=O)CCCCO[C@@H]2O[C@H](COC(C)=O)[C@H](OC(C)=O)[C@H](OC(C)=O)[C@H]2NC(C)=O)(COCC(=O)NCCCNC(=O)CCCCO[C@@H]2O[C@H](COC(C)=O)[C@H](OC(C)=O)[C@H](OC(C)=O)[C@H]2CC(C)=O)C(C)C)O[C@H](COC(C)=O)[C@H](OC(C)=O)[C@@H]1OC(C)=O. The predicted molar refractivity (Wildman–Crippen MR) is 435 cm³/mol. The fraction of sp³-hybridized carbons (Fsp3) is 0.783. The number of Topliss-reactive ketones (excluding diaryl/α,β-unsaturated/α-hetero) is 2. The van der Waals surface area contributed by atoms with E-state index in [1.54, 1.807) is 0 Å². The van der Waals surface area contributed by atoms with E-state index in [2.05, 4.69) is 37.2 Å². The van der Waals surface area contributed by atoms with Crippen molar-refractivity contribution in [2.75, 3.05) is 119 Å². The van der Waals surface area contributed by atoms with Gasteiger partial charge in [-0.1, -0.05) is 13.8 Å². The molecule has 1 unspecified atom stereocenters. The van der Waals surface area contributed by atoms with Crippen LogP contribution < -0.4 is 37.2 Å². The summed E-state index contributed by atoms with van der Waals surface area (Å²) in [4.78, 5) is 223. The molecule has 716 valence electrons. The number of hydrogen-bond donors (Lipinski definition) is 7. The van der Waals surface area contributed by atoms with Gasteiger partial charge in [0.15, 0.2) is 43.3 Å². The standard InChI is InChI=1S/C83H133N7O36/c1-49(2)83(48-111-45-72(108)89-34-23-31-86-68(104)25-16-19-36-113-81-63(41-51(4)92)75(119-57(10)98)77(121-59(12)100)65(125-81)43-116-54(7)95,46-109-38-27-70(106)87-32-21-29-84-67(103)24-15-18-35-112-80-62(40-50(3)91)74(118-56(9)97)76(120-58(11)99)64(124-80)42-115-53(6)94)47-110-39-28-71(107)88-33-22-30-85-69(105)26-17-20-37-114-82-73(90-52(5)93)79(123-61(14)102)78(122-60(13)101)66(126-82)44-117-55(8)96/h49,62-66,73-82H,15-48H2,1-14H3,(H,84,103)(H,85,105)(H,86,104)(H,87,106)(H,88,107)(H,89,108)(H,90,93)/t62-,63-,64-,65-,66-,73-,74-,75-,76+,77+,78+,79-,80-,81-,82-,83?/m1/s1. The maximum atomic E-state index is 13.1. The molecule has 43 nitrogen and oxygen atoms in total. The average Bonchev–Trinajstić information content (AvgIpc) is 0.796. The first-order valence-electron chi connectivity index (χ1n) is 42.5. The van der Waals surface area contributed by atoms with Gasteiger partial charge in [-0.25, -0.2) is 0 Å². The molecule has 0 aliphatic carbocycles. The number of amides is 7. The molecule has 0 aromatic carbocycles. The third-order valence-electron chi connectivity index (χ3n) is 19.6. The van der Waals surface area contributed by atoms with E-state index in [1.807, 2.05) is 13.8 Å². The maximum absolute atomic E-state index is 13.1. The number of carbonyl (C=O) groups excluding carboxylic acids is 18. The van der Waals surface area contributed by atoms with Crippen molar-refractivity contribution in [1.29, 1.82) is 0 Å². The molecular formula is C83H133N7O36. The zero-order valence-corrected chi connectivity index (χ0v) is 75.0. The Morgan fingerprint density at radius 1 is 0.310 bits per heavy atom. The lowest BCUT2D eigenvalue weighted by Gasteiger charge is -2.44. The van der Waals surface area contributed by atoms with Crippen LogP contribution in [0.15, 0.2) is 0 Å². The molecule has 3 heterocycles. The second-order valence-electron chi connectivity index (χ2n) is 31.1. The van der Waals surface area contributed by atoms with Gasteiger partial charge in [-0.15, -0.1) is 0 Å². The summed E-state index contributed by atoms with van der Waals surface area (Å²) >= 11 is 0. The first kappa shape index (κ1) is 111. The Morgan fingerprint density at radius 3 is 0.905 bits per heavy atom. The van der Waals surface area contributed by atoms with Crippen LogP contribution >= 0.6 is 0 Å². The van der Waals surface area contributed by atoms with Gasteiger partial charge in [0, 0.05) is 179 Å². The highest BCUT2D eigenvalue weighted by Gasteiger charge is 2.54. The lowest BCUT2D eigenvalue weighted by Crippen LogP contribution is -2.66. The maximum Gasteiger partial charge on any atom is 0.303 e. The van der Waals surface area contributed by atoms with Crippen LogP contribution in [0.5, 0.6) is 0 Å². The second kappa shape index (κ2) is 61.0. The minimum atomic E-state index is -1.30. The summed E-state index contributed by atoms with van der Waals surface area (Å²) < 4.78 is 103. The summed E-state index contributed by atoms with van der Waals surface area (Å²) in [6.07, 6.45) is -11.2. The molecule has 0 aromatic rings. The van der Waals surface area contributed by atoms with E-state index in [9.17, 15) is 86.3 Å². The molecule has 0 bridgehead atoms. The van der Waals surface area contributed by atoms with Gasteiger partial charge in [0.25, 0.3) is 0 Å². The average molecular weight is 1800 g/mol. The van der Waals surface area contributed by atoms with Crippen molar-refractivity contribution in [2.45, 2.75) is 280 Å². The second-order valence-corrected chi connectivity index (χ2v) is 31.1. The third kappa shape index (κ3) is 46.3. The van der Waals surface area contributed by atoms with Gasteiger partial charge in [-0.2, -0.15) is 0 Å². The molecule has 0 spiro atoms. The van der Waals surface area contributed by atoms with Crippen molar-refractivity contribution in [3.8, 4) is 0 Å². The van der Waals surface area contributed by atoms with Crippen molar-refractivity contribution in [1.82, 2.24) is 37.2 Å². The largest absolute Gasteiger partial charge is 0.463 e. The molecule has 3 rings (SSSR count). The Hall–Kier alpha value is -9.50. The number of ketones is 2. The number of ether oxygens (including phenoxy) is 18. The number of rotatable bonds is 62. The number of unbranched alkanes of at least 4 members (excludes halogenated alkanes) is 3. The summed E-state index contributed by atoms with van der Waals surface area (Å²) in [6, 6.07) is -1.15. The Kier molecular flexibility index (Phi) is 53.6.